The first-order valence-electron chi connectivity index (χ1n) is 10.6. The first-order valence-corrected chi connectivity index (χ1v) is 12.2. The SMILES string of the molecule is CC(C)(C)OC(=O)N1CCC(CNc2ccc(S(=O)(=O)CCCC(F)(F)F)cc2N)CC1. The summed E-state index contributed by atoms with van der Waals surface area (Å²) in [7, 11) is -3.84. The van der Waals surface area contributed by atoms with Gasteiger partial charge in [0.25, 0.3) is 0 Å². The van der Waals surface area contributed by atoms with Crippen LogP contribution in [-0.4, -0.2) is 56.6 Å². The highest BCUT2D eigenvalue weighted by atomic mass is 32.2. The Morgan fingerprint density at radius 2 is 1.84 bits per heavy atom. The molecule has 1 saturated heterocycles. The maximum Gasteiger partial charge on any atom is 0.410 e. The van der Waals surface area contributed by atoms with Crippen molar-refractivity contribution in [1.29, 1.82) is 0 Å². The molecule has 1 aliphatic heterocycles. The van der Waals surface area contributed by atoms with Crippen molar-refractivity contribution in [3.8, 4) is 0 Å². The van der Waals surface area contributed by atoms with E-state index < -0.39 is 40.2 Å². The van der Waals surface area contributed by atoms with Crippen LogP contribution in [0, 0.1) is 5.92 Å². The van der Waals surface area contributed by atoms with Gasteiger partial charge in [-0.25, -0.2) is 13.2 Å². The van der Waals surface area contributed by atoms with Gasteiger partial charge < -0.3 is 20.7 Å². The molecule has 0 spiro atoms. The van der Waals surface area contributed by atoms with E-state index in [4.69, 9.17) is 10.5 Å². The number of piperidine rings is 1. The quantitative estimate of drug-likeness (QED) is 0.561. The van der Waals surface area contributed by atoms with E-state index in [0.717, 1.165) is 12.8 Å². The van der Waals surface area contributed by atoms with Gasteiger partial charge in [-0.15, -0.1) is 0 Å². The van der Waals surface area contributed by atoms with Gasteiger partial charge in [0.05, 0.1) is 22.0 Å². The first-order chi connectivity index (χ1) is 14.7. The molecule has 0 unspecified atom stereocenters. The minimum absolute atomic E-state index is 0.0895. The van der Waals surface area contributed by atoms with Crippen LogP contribution in [0.1, 0.15) is 46.5 Å². The minimum Gasteiger partial charge on any atom is -0.444 e. The fourth-order valence-corrected chi connectivity index (χ4v) is 4.72. The Morgan fingerprint density at radius 3 is 2.38 bits per heavy atom. The summed E-state index contributed by atoms with van der Waals surface area (Å²) in [6.07, 6.45) is -4.76. The van der Waals surface area contributed by atoms with Crippen LogP contribution in [0.4, 0.5) is 29.3 Å². The Morgan fingerprint density at radius 1 is 1.22 bits per heavy atom. The predicted molar refractivity (Wildman–Crippen MR) is 117 cm³/mol. The highest BCUT2D eigenvalue weighted by molar-refractivity contribution is 7.91. The Balaban J connectivity index is 1.85. The number of anilines is 2. The van der Waals surface area contributed by atoms with Crippen molar-refractivity contribution < 1.29 is 31.1 Å². The highest BCUT2D eigenvalue weighted by Crippen LogP contribution is 2.27. The second-order valence-corrected chi connectivity index (χ2v) is 11.2. The molecule has 0 aliphatic carbocycles. The van der Waals surface area contributed by atoms with Crippen LogP contribution in [0.5, 0.6) is 0 Å². The maximum absolute atomic E-state index is 12.3. The van der Waals surface area contributed by atoms with Crippen molar-refractivity contribution in [3.63, 3.8) is 0 Å². The summed E-state index contributed by atoms with van der Waals surface area (Å²) in [5.74, 6) is -0.284. The molecule has 1 fully saturated rings. The maximum atomic E-state index is 12.3. The lowest BCUT2D eigenvalue weighted by molar-refractivity contribution is -0.134. The smallest absolute Gasteiger partial charge is 0.410 e. The third-order valence-corrected chi connectivity index (χ3v) is 6.90. The molecule has 2 rings (SSSR count). The van der Waals surface area contributed by atoms with Gasteiger partial charge in [0.15, 0.2) is 9.84 Å². The number of alkyl halides is 3. The molecule has 3 N–H and O–H groups in total. The number of amides is 1. The molecule has 0 saturated carbocycles. The number of nitrogens with one attached hydrogen (secondary N) is 1. The lowest BCUT2D eigenvalue weighted by Gasteiger charge is -2.33. The van der Waals surface area contributed by atoms with Crippen molar-refractivity contribution in [2.24, 2.45) is 5.92 Å². The van der Waals surface area contributed by atoms with Crippen LogP contribution < -0.4 is 11.1 Å². The number of ether oxygens (including phenoxy) is 1. The third kappa shape index (κ3) is 8.40. The lowest BCUT2D eigenvalue weighted by atomic mass is 9.97. The van der Waals surface area contributed by atoms with Gasteiger partial charge in [-0.2, -0.15) is 13.2 Å². The van der Waals surface area contributed by atoms with Crippen LogP contribution in [0.15, 0.2) is 23.1 Å². The second-order valence-electron chi connectivity index (χ2n) is 9.08. The number of rotatable bonds is 7. The number of hydrogen-bond acceptors (Lipinski definition) is 6. The molecule has 1 amide bonds. The van der Waals surface area contributed by atoms with Gasteiger partial charge in [0.2, 0.25) is 0 Å². The number of likely N-dealkylation sites (tertiary alicyclic amines) is 1. The van der Waals surface area contributed by atoms with E-state index in [1.807, 2.05) is 20.8 Å². The molecule has 0 radical (unpaired) electrons. The van der Waals surface area contributed by atoms with Crippen LogP contribution in [0.3, 0.4) is 0 Å². The van der Waals surface area contributed by atoms with Crippen molar-refractivity contribution in [1.82, 2.24) is 4.90 Å². The summed E-state index contributed by atoms with van der Waals surface area (Å²) in [5, 5.41) is 3.20. The summed E-state index contributed by atoms with van der Waals surface area (Å²) in [6.45, 7) is 7.25. The standard InChI is InChI=1S/C21H32F3N3O4S/c1-20(2,3)31-19(28)27-10-7-15(8-11-27)14-26-18-6-5-16(13-17(18)25)32(29,30)12-4-9-21(22,23)24/h5-6,13,15,26H,4,7-12,14,25H2,1-3H3. The molecule has 1 aliphatic rings. The zero-order valence-electron chi connectivity index (χ0n) is 18.7. The fraction of sp³-hybridized carbons (Fsp3) is 0.667. The average Bonchev–Trinajstić information content (AvgIpc) is 2.64. The number of halogens is 3. The van der Waals surface area contributed by atoms with Crippen LogP contribution in [0.2, 0.25) is 0 Å². The lowest BCUT2D eigenvalue weighted by Crippen LogP contribution is -2.42. The highest BCUT2D eigenvalue weighted by Gasteiger charge is 2.28. The molecule has 0 bridgehead atoms. The van der Waals surface area contributed by atoms with E-state index in [9.17, 15) is 26.4 Å². The van der Waals surface area contributed by atoms with Crippen molar-refractivity contribution in [2.75, 3.05) is 36.4 Å². The number of nitrogens with zero attached hydrogens (tertiary/aromatic N) is 1. The van der Waals surface area contributed by atoms with Crippen molar-refractivity contribution >= 4 is 27.3 Å². The Labute approximate surface area is 187 Å². The Kier molecular flexibility index (Phi) is 8.30. The largest absolute Gasteiger partial charge is 0.444 e. The van der Waals surface area contributed by atoms with E-state index in [1.165, 1.54) is 18.2 Å². The average molecular weight is 480 g/mol. The first kappa shape index (κ1) is 26.1. The molecule has 11 heteroatoms. The summed E-state index contributed by atoms with van der Waals surface area (Å²) in [4.78, 5) is 13.7. The number of nitrogen functional groups attached to an aromatic ring is 1. The second kappa shape index (κ2) is 10.2. The summed E-state index contributed by atoms with van der Waals surface area (Å²) < 4.78 is 66.7. The molecule has 32 heavy (non-hydrogen) atoms. The molecule has 1 heterocycles. The van der Waals surface area contributed by atoms with E-state index in [0.29, 0.717) is 31.2 Å². The van der Waals surface area contributed by atoms with Crippen LogP contribution in [0.25, 0.3) is 0 Å². The minimum atomic E-state index is -4.38. The van der Waals surface area contributed by atoms with Crippen LogP contribution >= 0.6 is 0 Å². The van der Waals surface area contributed by atoms with Gasteiger partial charge in [0, 0.05) is 26.1 Å². The summed E-state index contributed by atoms with van der Waals surface area (Å²) >= 11 is 0. The van der Waals surface area contributed by atoms with E-state index >= 15 is 0 Å². The van der Waals surface area contributed by atoms with Gasteiger partial charge in [-0.05, 0) is 64.2 Å². The molecule has 1 aromatic carbocycles. The molecule has 1 aromatic rings. The number of carbonyl (C=O) groups excluding carboxylic acids is 1. The molecule has 0 atom stereocenters. The van der Waals surface area contributed by atoms with E-state index in [-0.39, 0.29) is 16.7 Å². The van der Waals surface area contributed by atoms with Crippen molar-refractivity contribution in [3.05, 3.63) is 18.2 Å². The molecule has 0 aromatic heterocycles. The number of carbonyl (C=O) groups is 1. The molecule has 7 nitrogen and oxygen atoms in total. The van der Waals surface area contributed by atoms with Gasteiger partial charge >= 0.3 is 12.3 Å². The molecular formula is C21H32F3N3O4S. The van der Waals surface area contributed by atoms with Gasteiger partial charge in [0.1, 0.15) is 5.60 Å². The molecule has 182 valence electrons. The van der Waals surface area contributed by atoms with Gasteiger partial charge in [-0.3, -0.25) is 0 Å². The number of hydrogen-bond donors (Lipinski definition) is 2. The van der Waals surface area contributed by atoms with E-state index in [2.05, 4.69) is 5.32 Å². The summed E-state index contributed by atoms with van der Waals surface area (Å²) in [6, 6.07) is 4.16. The zero-order valence-corrected chi connectivity index (χ0v) is 19.5. The van der Waals surface area contributed by atoms with E-state index in [1.54, 1.807) is 4.90 Å². The normalized spacial score (nSPS) is 16.1. The predicted octanol–water partition coefficient (Wildman–Crippen LogP) is 4.44. The number of nitrogens with two attached hydrogens (primary N) is 1. The number of benzene rings is 1. The Bertz CT molecular complexity index is 891. The van der Waals surface area contributed by atoms with Crippen molar-refractivity contribution in [2.45, 2.75) is 63.1 Å². The van der Waals surface area contributed by atoms with Crippen LogP contribution in [-0.2, 0) is 14.6 Å². The third-order valence-electron chi connectivity index (χ3n) is 5.10. The fourth-order valence-electron chi connectivity index (χ4n) is 3.38. The molecular weight excluding hydrogens is 447 g/mol. The topological polar surface area (TPSA) is 102 Å². The Hall–Kier alpha value is -2.17. The number of sulfone groups is 1. The summed E-state index contributed by atoms with van der Waals surface area (Å²) in [5.41, 5.74) is 6.22. The zero-order chi connectivity index (χ0) is 24.2. The van der Waals surface area contributed by atoms with Gasteiger partial charge in [-0.1, -0.05) is 0 Å². The monoisotopic (exact) mass is 479 g/mol.